The molecule has 0 aliphatic heterocycles. The van der Waals surface area contributed by atoms with Gasteiger partial charge in [0.1, 0.15) is 6.20 Å². The Kier molecular flexibility index (Phi) is 6.36. The normalized spacial score (nSPS) is 19.5. The molecule has 0 bridgehead atoms. The molecule has 1 fully saturated rings. The van der Waals surface area contributed by atoms with Gasteiger partial charge in [0.2, 0.25) is 11.8 Å². The molecule has 0 aromatic carbocycles. The molecule has 144 valence electrons. The number of halogens is 1. The number of hydrogen-bond acceptors (Lipinski definition) is 8. The first-order valence-electron chi connectivity index (χ1n) is 8.87. The van der Waals surface area contributed by atoms with Gasteiger partial charge in [-0.25, -0.2) is 4.98 Å². The maximum absolute atomic E-state index is 11.3. The van der Waals surface area contributed by atoms with Crippen LogP contribution in [-0.2, 0) is 6.54 Å². The number of aromatic nitrogens is 3. The molecular weight excluding hydrogens is 370 g/mol. The van der Waals surface area contributed by atoms with Gasteiger partial charge in [0.25, 0.3) is 0 Å². The average Bonchev–Trinajstić information content (AvgIpc) is 2.67. The molecule has 1 aliphatic carbocycles. The fourth-order valence-electron chi connectivity index (χ4n) is 3.07. The van der Waals surface area contributed by atoms with E-state index in [-0.39, 0.29) is 23.5 Å². The fraction of sp³-hybridized carbons (Fsp3) is 0.471. The van der Waals surface area contributed by atoms with Gasteiger partial charge in [0, 0.05) is 18.8 Å². The third-order valence-electron chi connectivity index (χ3n) is 4.66. The number of anilines is 2. The zero-order valence-electron chi connectivity index (χ0n) is 14.8. The third-order valence-corrected chi connectivity index (χ3v) is 5.01. The van der Waals surface area contributed by atoms with Crippen molar-refractivity contribution >= 4 is 29.1 Å². The lowest BCUT2D eigenvalue weighted by Crippen LogP contribution is -2.29. The van der Waals surface area contributed by atoms with Crippen molar-refractivity contribution in [2.24, 2.45) is 11.7 Å². The minimum atomic E-state index is -0.488. The van der Waals surface area contributed by atoms with Crippen LogP contribution in [0.4, 0.5) is 17.5 Å². The lowest BCUT2D eigenvalue weighted by atomic mass is 9.86. The average molecular weight is 392 g/mol. The van der Waals surface area contributed by atoms with Gasteiger partial charge >= 0.3 is 5.69 Å². The predicted molar refractivity (Wildman–Crippen MR) is 104 cm³/mol. The molecule has 0 spiro atoms. The fourth-order valence-corrected chi connectivity index (χ4v) is 3.26. The van der Waals surface area contributed by atoms with E-state index in [0.717, 1.165) is 25.7 Å². The van der Waals surface area contributed by atoms with Gasteiger partial charge in [-0.1, -0.05) is 11.6 Å². The van der Waals surface area contributed by atoms with Gasteiger partial charge < -0.3 is 16.4 Å². The van der Waals surface area contributed by atoms with Crippen LogP contribution in [0.5, 0.6) is 0 Å². The molecule has 2 aromatic rings. The maximum Gasteiger partial charge on any atom is 0.329 e. The highest BCUT2D eigenvalue weighted by Gasteiger charge is 2.21. The van der Waals surface area contributed by atoms with E-state index in [1.807, 2.05) is 0 Å². The number of pyridine rings is 1. The first-order chi connectivity index (χ1) is 13.0. The van der Waals surface area contributed by atoms with Crippen LogP contribution in [0.2, 0.25) is 5.02 Å². The molecule has 4 N–H and O–H groups in total. The summed E-state index contributed by atoms with van der Waals surface area (Å²) < 4.78 is 0. The van der Waals surface area contributed by atoms with E-state index < -0.39 is 4.92 Å². The minimum Gasteiger partial charge on any atom is -0.364 e. The van der Waals surface area contributed by atoms with Crippen LogP contribution in [0.1, 0.15) is 31.4 Å². The highest BCUT2D eigenvalue weighted by Crippen LogP contribution is 2.26. The molecule has 9 nitrogen and oxygen atoms in total. The molecule has 0 radical (unpaired) electrons. The van der Waals surface area contributed by atoms with Crippen LogP contribution < -0.4 is 16.4 Å². The second-order valence-corrected chi connectivity index (χ2v) is 7.04. The Bertz CT molecular complexity index is 797. The van der Waals surface area contributed by atoms with Crippen molar-refractivity contribution in [2.75, 3.05) is 17.2 Å². The third kappa shape index (κ3) is 5.24. The summed E-state index contributed by atoms with van der Waals surface area (Å²) in [6, 6.07) is 3.75. The Balaban J connectivity index is 1.67. The Morgan fingerprint density at radius 2 is 2.04 bits per heavy atom. The Labute approximate surface area is 161 Å². The quantitative estimate of drug-likeness (QED) is 0.484. The first kappa shape index (κ1) is 19.2. The molecular formula is C17H22ClN7O2. The summed E-state index contributed by atoms with van der Waals surface area (Å²) in [6.45, 7) is 0.938. The van der Waals surface area contributed by atoms with E-state index in [4.69, 9.17) is 17.3 Å². The lowest BCUT2D eigenvalue weighted by molar-refractivity contribution is -0.384. The molecule has 10 heteroatoms. The van der Waals surface area contributed by atoms with E-state index in [1.165, 1.54) is 6.20 Å². The Morgan fingerprint density at radius 3 is 2.74 bits per heavy atom. The summed E-state index contributed by atoms with van der Waals surface area (Å²) in [4.78, 5) is 23.3. The van der Waals surface area contributed by atoms with Crippen molar-refractivity contribution in [1.29, 1.82) is 0 Å². The van der Waals surface area contributed by atoms with Crippen LogP contribution in [0, 0.1) is 16.0 Å². The van der Waals surface area contributed by atoms with Crippen molar-refractivity contribution in [3.8, 4) is 0 Å². The van der Waals surface area contributed by atoms with Gasteiger partial charge in [0.05, 0.1) is 22.2 Å². The predicted octanol–water partition coefficient (Wildman–Crippen LogP) is 2.97. The van der Waals surface area contributed by atoms with Crippen LogP contribution in [0.3, 0.4) is 0 Å². The summed E-state index contributed by atoms with van der Waals surface area (Å²) in [5, 5.41) is 17.9. The van der Waals surface area contributed by atoms with E-state index in [2.05, 4.69) is 25.6 Å². The van der Waals surface area contributed by atoms with Crippen molar-refractivity contribution in [3.63, 3.8) is 0 Å². The van der Waals surface area contributed by atoms with Crippen molar-refractivity contribution in [1.82, 2.24) is 15.0 Å². The number of nitrogens with zero attached hydrogens (tertiary/aromatic N) is 4. The molecule has 0 unspecified atom stereocenters. The van der Waals surface area contributed by atoms with E-state index in [9.17, 15) is 10.1 Å². The monoisotopic (exact) mass is 391 g/mol. The standard InChI is InChI=1S/C17H22ClN7O2/c18-13-2-1-7-20-14(13)9-22-17-23-10-15(25(26)27)16(24-17)21-8-11-3-5-12(19)6-4-11/h1-2,7,10-12H,3-6,8-9,19H2,(H2,21,22,23,24). The van der Waals surface area contributed by atoms with Gasteiger partial charge in [-0.05, 0) is 43.7 Å². The zero-order chi connectivity index (χ0) is 19.2. The first-order valence-corrected chi connectivity index (χ1v) is 9.25. The maximum atomic E-state index is 11.3. The largest absolute Gasteiger partial charge is 0.364 e. The summed E-state index contributed by atoms with van der Waals surface area (Å²) in [6.07, 6.45) is 6.83. The summed E-state index contributed by atoms with van der Waals surface area (Å²) >= 11 is 6.08. The molecule has 1 saturated carbocycles. The molecule has 2 heterocycles. The number of nitrogens with one attached hydrogen (secondary N) is 2. The number of rotatable bonds is 7. The molecule has 2 aromatic heterocycles. The summed E-state index contributed by atoms with van der Waals surface area (Å²) in [5.74, 6) is 0.915. The van der Waals surface area contributed by atoms with Crippen LogP contribution >= 0.6 is 11.6 Å². The SMILES string of the molecule is NC1CCC(CNc2nc(NCc3ncccc3Cl)ncc2[N+](=O)[O-])CC1. The van der Waals surface area contributed by atoms with Gasteiger partial charge in [0.15, 0.2) is 0 Å². The summed E-state index contributed by atoms with van der Waals surface area (Å²) in [7, 11) is 0. The van der Waals surface area contributed by atoms with Crippen LogP contribution in [0.25, 0.3) is 0 Å². The van der Waals surface area contributed by atoms with Gasteiger partial charge in [-0.15, -0.1) is 0 Å². The zero-order valence-corrected chi connectivity index (χ0v) is 15.5. The van der Waals surface area contributed by atoms with E-state index >= 15 is 0 Å². The molecule has 27 heavy (non-hydrogen) atoms. The molecule has 3 rings (SSSR count). The second kappa shape index (κ2) is 8.92. The topological polar surface area (TPSA) is 132 Å². The van der Waals surface area contributed by atoms with Crippen LogP contribution in [0.15, 0.2) is 24.5 Å². The minimum absolute atomic E-state index is 0.149. The van der Waals surface area contributed by atoms with E-state index in [1.54, 1.807) is 18.3 Å². The smallest absolute Gasteiger partial charge is 0.329 e. The van der Waals surface area contributed by atoms with Gasteiger partial charge in [-0.2, -0.15) is 4.98 Å². The van der Waals surface area contributed by atoms with Crippen molar-refractivity contribution < 1.29 is 4.92 Å². The second-order valence-electron chi connectivity index (χ2n) is 6.63. The van der Waals surface area contributed by atoms with Gasteiger partial charge in [-0.3, -0.25) is 15.1 Å². The molecule has 1 aliphatic rings. The lowest BCUT2D eigenvalue weighted by Gasteiger charge is -2.26. The number of nitrogens with two attached hydrogens (primary N) is 1. The molecule has 0 atom stereocenters. The molecule has 0 amide bonds. The van der Waals surface area contributed by atoms with Crippen LogP contribution in [-0.4, -0.2) is 32.5 Å². The Hall–Kier alpha value is -2.52. The highest BCUT2D eigenvalue weighted by molar-refractivity contribution is 6.31. The number of nitro groups is 1. The van der Waals surface area contributed by atoms with E-state index in [0.29, 0.717) is 29.7 Å². The number of hydrogen-bond donors (Lipinski definition) is 3. The Morgan fingerprint density at radius 1 is 1.26 bits per heavy atom. The van der Waals surface area contributed by atoms with Crippen molar-refractivity contribution in [3.05, 3.63) is 45.4 Å². The summed E-state index contributed by atoms with van der Waals surface area (Å²) in [5.41, 5.74) is 6.42. The highest BCUT2D eigenvalue weighted by atomic mass is 35.5. The molecule has 0 saturated heterocycles. The van der Waals surface area contributed by atoms with Crippen molar-refractivity contribution in [2.45, 2.75) is 38.3 Å².